The number of halogens is 2. The van der Waals surface area contributed by atoms with Crippen molar-refractivity contribution >= 4 is 17.4 Å². The van der Waals surface area contributed by atoms with E-state index >= 15 is 0 Å². The molecule has 0 saturated carbocycles. The van der Waals surface area contributed by atoms with Crippen LogP contribution in [0.1, 0.15) is 5.56 Å². The summed E-state index contributed by atoms with van der Waals surface area (Å²) in [5.41, 5.74) is 2.39. The molecule has 0 unspecified atom stereocenters. The van der Waals surface area contributed by atoms with Gasteiger partial charge in [0.1, 0.15) is 5.82 Å². The molecule has 0 fully saturated rings. The van der Waals surface area contributed by atoms with Gasteiger partial charge in [-0.2, -0.15) is 0 Å². The van der Waals surface area contributed by atoms with Gasteiger partial charge in [0.2, 0.25) is 0 Å². The largest absolute Gasteiger partial charge is 0.371 e. The van der Waals surface area contributed by atoms with Crippen molar-refractivity contribution in [3.8, 4) is 11.3 Å². The highest BCUT2D eigenvalue weighted by molar-refractivity contribution is 6.31. The van der Waals surface area contributed by atoms with Gasteiger partial charge < -0.3 is 5.32 Å². The number of nitrogens with zero attached hydrogens (tertiary/aromatic N) is 2. The molecular formula is C12H11ClFN3. The minimum absolute atomic E-state index is 0.0830. The van der Waals surface area contributed by atoms with Crippen molar-refractivity contribution in [1.82, 2.24) is 10.2 Å². The highest BCUT2D eigenvalue weighted by Crippen LogP contribution is 2.24. The standard InChI is InChI=1S/C12H11ClFN3/c1-7-5-11(16-17-12(7)15-2)8-3-4-10(14)9(13)6-8/h3-6H,1-2H3,(H,15,17). The lowest BCUT2D eigenvalue weighted by atomic mass is 10.1. The summed E-state index contributed by atoms with van der Waals surface area (Å²) < 4.78 is 13.0. The fourth-order valence-electron chi connectivity index (χ4n) is 1.53. The van der Waals surface area contributed by atoms with Gasteiger partial charge in [-0.25, -0.2) is 4.39 Å². The third-order valence-electron chi connectivity index (χ3n) is 2.44. The third kappa shape index (κ3) is 2.36. The maximum atomic E-state index is 13.0. The van der Waals surface area contributed by atoms with E-state index < -0.39 is 5.82 Å². The lowest BCUT2D eigenvalue weighted by Crippen LogP contribution is -1.99. The first-order valence-electron chi connectivity index (χ1n) is 5.09. The van der Waals surface area contributed by atoms with Crippen LogP contribution in [0.5, 0.6) is 0 Å². The molecule has 0 aliphatic carbocycles. The lowest BCUT2D eigenvalue weighted by molar-refractivity contribution is 0.628. The Morgan fingerprint density at radius 3 is 2.59 bits per heavy atom. The Morgan fingerprint density at radius 2 is 2.00 bits per heavy atom. The second-order valence-electron chi connectivity index (χ2n) is 3.64. The van der Waals surface area contributed by atoms with Crippen molar-refractivity contribution in [2.45, 2.75) is 6.92 Å². The van der Waals surface area contributed by atoms with Gasteiger partial charge in [-0.05, 0) is 36.8 Å². The minimum Gasteiger partial charge on any atom is -0.371 e. The molecule has 0 aliphatic heterocycles. The smallest absolute Gasteiger partial charge is 0.151 e. The molecule has 2 rings (SSSR count). The molecule has 3 nitrogen and oxygen atoms in total. The SMILES string of the molecule is CNc1nnc(-c2ccc(F)c(Cl)c2)cc1C. The Kier molecular flexibility index (Phi) is 3.24. The Morgan fingerprint density at radius 1 is 1.24 bits per heavy atom. The maximum absolute atomic E-state index is 13.0. The molecule has 1 aromatic carbocycles. The zero-order valence-electron chi connectivity index (χ0n) is 9.46. The van der Waals surface area contributed by atoms with Crippen molar-refractivity contribution in [3.05, 3.63) is 40.7 Å². The van der Waals surface area contributed by atoms with Crippen LogP contribution in [0.25, 0.3) is 11.3 Å². The first-order chi connectivity index (χ1) is 8.11. The molecule has 1 heterocycles. The Bertz CT molecular complexity index is 557. The van der Waals surface area contributed by atoms with E-state index in [1.807, 2.05) is 13.0 Å². The molecular weight excluding hydrogens is 241 g/mol. The van der Waals surface area contributed by atoms with Crippen LogP contribution < -0.4 is 5.32 Å². The fraction of sp³-hybridized carbons (Fsp3) is 0.167. The molecule has 0 atom stereocenters. The zero-order chi connectivity index (χ0) is 12.4. The van der Waals surface area contributed by atoms with Gasteiger partial charge in [0.25, 0.3) is 0 Å². The molecule has 88 valence electrons. The number of rotatable bonds is 2. The molecule has 1 aromatic heterocycles. The summed E-state index contributed by atoms with van der Waals surface area (Å²) in [6.07, 6.45) is 0. The number of hydrogen-bond acceptors (Lipinski definition) is 3. The van der Waals surface area contributed by atoms with Crippen LogP contribution in [0, 0.1) is 12.7 Å². The number of nitrogens with one attached hydrogen (secondary N) is 1. The van der Waals surface area contributed by atoms with E-state index in [2.05, 4.69) is 15.5 Å². The monoisotopic (exact) mass is 251 g/mol. The molecule has 1 N–H and O–H groups in total. The van der Waals surface area contributed by atoms with Crippen molar-refractivity contribution in [1.29, 1.82) is 0 Å². The van der Waals surface area contributed by atoms with E-state index in [-0.39, 0.29) is 5.02 Å². The molecule has 0 bridgehead atoms. The molecule has 0 amide bonds. The molecule has 0 spiro atoms. The van der Waals surface area contributed by atoms with Gasteiger partial charge in [0, 0.05) is 12.6 Å². The van der Waals surface area contributed by atoms with Crippen molar-refractivity contribution in [2.24, 2.45) is 0 Å². The number of aromatic nitrogens is 2. The highest BCUT2D eigenvalue weighted by Gasteiger charge is 2.07. The predicted octanol–water partition coefficient (Wildman–Crippen LogP) is 3.29. The van der Waals surface area contributed by atoms with Gasteiger partial charge in [-0.1, -0.05) is 11.6 Å². The second-order valence-corrected chi connectivity index (χ2v) is 4.05. The summed E-state index contributed by atoms with van der Waals surface area (Å²) in [6.45, 7) is 1.93. The summed E-state index contributed by atoms with van der Waals surface area (Å²) >= 11 is 5.73. The summed E-state index contributed by atoms with van der Waals surface area (Å²) in [5.74, 6) is 0.286. The first kappa shape index (κ1) is 11.8. The average molecular weight is 252 g/mol. The molecule has 0 saturated heterocycles. The topological polar surface area (TPSA) is 37.8 Å². The van der Waals surface area contributed by atoms with Crippen LogP contribution in [0.15, 0.2) is 24.3 Å². The van der Waals surface area contributed by atoms with Gasteiger partial charge >= 0.3 is 0 Å². The van der Waals surface area contributed by atoms with Crippen LogP contribution in [0.4, 0.5) is 10.2 Å². The molecule has 2 aromatic rings. The minimum atomic E-state index is -0.438. The van der Waals surface area contributed by atoms with Crippen LogP contribution in [0.2, 0.25) is 5.02 Å². The van der Waals surface area contributed by atoms with E-state index in [1.165, 1.54) is 6.07 Å². The van der Waals surface area contributed by atoms with Crippen LogP contribution >= 0.6 is 11.6 Å². The van der Waals surface area contributed by atoms with Gasteiger partial charge in [-0.15, -0.1) is 10.2 Å². The molecule has 5 heteroatoms. The van der Waals surface area contributed by atoms with E-state index in [1.54, 1.807) is 19.2 Å². The lowest BCUT2D eigenvalue weighted by Gasteiger charge is -2.06. The van der Waals surface area contributed by atoms with E-state index in [0.717, 1.165) is 16.9 Å². The van der Waals surface area contributed by atoms with E-state index in [9.17, 15) is 4.39 Å². The zero-order valence-corrected chi connectivity index (χ0v) is 10.2. The molecule has 0 aliphatic rings. The second kappa shape index (κ2) is 4.67. The summed E-state index contributed by atoms with van der Waals surface area (Å²) in [6, 6.07) is 6.37. The number of aryl methyl sites for hydroxylation is 1. The predicted molar refractivity (Wildman–Crippen MR) is 66.7 cm³/mol. The Hall–Kier alpha value is -1.68. The summed E-state index contributed by atoms with van der Waals surface area (Å²) in [5, 5.41) is 11.1. The van der Waals surface area contributed by atoms with Gasteiger partial charge in [-0.3, -0.25) is 0 Å². The maximum Gasteiger partial charge on any atom is 0.151 e. The first-order valence-corrected chi connectivity index (χ1v) is 5.47. The quantitative estimate of drug-likeness (QED) is 0.890. The number of anilines is 1. The van der Waals surface area contributed by atoms with Crippen molar-refractivity contribution < 1.29 is 4.39 Å². The summed E-state index contributed by atoms with van der Waals surface area (Å²) in [7, 11) is 1.78. The fourth-order valence-corrected chi connectivity index (χ4v) is 1.71. The van der Waals surface area contributed by atoms with E-state index in [0.29, 0.717) is 5.69 Å². The normalized spacial score (nSPS) is 10.4. The Balaban J connectivity index is 2.46. The summed E-state index contributed by atoms with van der Waals surface area (Å²) in [4.78, 5) is 0. The Labute approximate surface area is 104 Å². The highest BCUT2D eigenvalue weighted by atomic mass is 35.5. The van der Waals surface area contributed by atoms with E-state index in [4.69, 9.17) is 11.6 Å². The number of benzene rings is 1. The molecule has 17 heavy (non-hydrogen) atoms. The van der Waals surface area contributed by atoms with Gasteiger partial charge in [0.05, 0.1) is 10.7 Å². The average Bonchev–Trinajstić information content (AvgIpc) is 2.32. The molecule has 0 radical (unpaired) electrons. The van der Waals surface area contributed by atoms with Crippen molar-refractivity contribution in [3.63, 3.8) is 0 Å². The number of hydrogen-bond donors (Lipinski definition) is 1. The van der Waals surface area contributed by atoms with Crippen LogP contribution in [-0.4, -0.2) is 17.2 Å². The van der Waals surface area contributed by atoms with Crippen LogP contribution in [0.3, 0.4) is 0 Å². The third-order valence-corrected chi connectivity index (χ3v) is 2.73. The van der Waals surface area contributed by atoms with Crippen LogP contribution in [-0.2, 0) is 0 Å². The van der Waals surface area contributed by atoms with Crippen molar-refractivity contribution in [2.75, 3.05) is 12.4 Å². The van der Waals surface area contributed by atoms with Gasteiger partial charge in [0.15, 0.2) is 5.82 Å².